The largest absolute Gasteiger partial charge is 0.312 e. The molecular weight excluding hydrogens is 246 g/mol. The van der Waals surface area contributed by atoms with E-state index in [2.05, 4.69) is 6.92 Å². The van der Waals surface area contributed by atoms with Crippen molar-refractivity contribution < 1.29 is 4.79 Å². The fraction of sp³-hybridized carbons (Fsp3) is 0.278. The second-order valence-corrected chi connectivity index (χ2v) is 4.79. The molecule has 2 rings (SSSR count). The topological polar surface area (TPSA) is 20.3 Å². The standard InChI is InChI=1S/C18H21NO/c1-3-17(15-11-7-5-8-12-15)18(20)19(4-2)16-13-9-6-10-14-16/h5-14,17H,3-4H2,1-2H3. The number of benzene rings is 2. The van der Waals surface area contributed by atoms with E-state index in [-0.39, 0.29) is 11.8 Å². The number of nitrogens with zero attached hydrogens (tertiary/aromatic N) is 1. The van der Waals surface area contributed by atoms with Gasteiger partial charge in [0.15, 0.2) is 0 Å². The van der Waals surface area contributed by atoms with Crippen LogP contribution in [0.3, 0.4) is 0 Å². The van der Waals surface area contributed by atoms with Crippen molar-refractivity contribution in [1.82, 2.24) is 0 Å². The SMILES string of the molecule is CCC(C(=O)N(CC)c1ccccc1)c1ccccc1. The molecule has 1 unspecified atom stereocenters. The molecule has 0 aliphatic carbocycles. The molecule has 0 aliphatic heterocycles. The highest BCUT2D eigenvalue weighted by atomic mass is 16.2. The van der Waals surface area contributed by atoms with E-state index >= 15 is 0 Å². The molecule has 1 atom stereocenters. The smallest absolute Gasteiger partial charge is 0.234 e. The Morgan fingerprint density at radius 2 is 1.50 bits per heavy atom. The van der Waals surface area contributed by atoms with E-state index in [1.807, 2.05) is 72.5 Å². The maximum absolute atomic E-state index is 12.8. The van der Waals surface area contributed by atoms with Crippen molar-refractivity contribution in [3.8, 4) is 0 Å². The van der Waals surface area contributed by atoms with Crippen molar-refractivity contribution in [3.05, 3.63) is 66.2 Å². The van der Waals surface area contributed by atoms with Gasteiger partial charge in [-0.05, 0) is 31.0 Å². The molecule has 2 aromatic rings. The molecule has 0 radical (unpaired) electrons. The van der Waals surface area contributed by atoms with Gasteiger partial charge in [-0.3, -0.25) is 4.79 Å². The molecule has 0 aromatic heterocycles. The number of likely N-dealkylation sites (N-methyl/N-ethyl adjacent to an activating group) is 1. The summed E-state index contributed by atoms with van der Waals surface area (Å²) < 4.78 is 0. The minimum absolute atomic E-state index is 0.0728. The van der Waals surface area contributed by atoms with Crippen molar-refractivity contribution in [2.75, 3.05) is 11.4 Å². The first kappa shape index (κ1) is 14.3. The van der Waals surface area contributed by atoms with Crippen LogP contribution in [-0.4, -0.2) is 12.5 Å². The van der Waals surface area contributed by atoms with Crippen molar-refractivity contribution >= 4 is 11.6 Å². The van der Waals surface area contributed by atoms with Crippen LogP contribution in [0.25, 0.3) is 0 Å². The Morgan fingerprint density at radius 3 is 2.00 bits per heavy atom. The molecule has 0 saturated carbocycles. The summed E-state index contributed by atoms with van der Waals surface area (Å²) in [5.74, 6) is 0.101. The lowest BCUT2D eigenvalue weighted by atomic mass is 9.95. The number of carbonyl (C=O) groups is 1. The third-order valence-corrected chi connectivity index (χ3v) is 3.56. The zero-order valence-corrected chi connectivity index (χ0v) is 12.1. The minimum atomic E-state index is -0.0728. The third-order valence-electron chi connectivity index (χ3n) is 3.56. The highest BCUT2D eigenvalue weighted by Crippen LogP contribution is 2.25. The monoisotopic (exact) mass is 267 g/mol. The average Bonchev–Trinajstić information content (AvgIpc) is 2.51. The summed E-state index contributed by atoms with van der Waals surface area (Å²) in [4.78, 5) is 14.7. The van der Waals surface area contributed by atoms with Gasteiger partial charge >= 0.3 is 0 Å². The summed E-state index contributed by atoms with van der Waals surface area (Å²) >= 11 is 0. The molecule has 2 nitrogen and oxygen atoms in total. The highest BCUT2D eigenvalue weighted by Gasteiger charge is 2.24. The number of hydrogen-bond donors (Lipinski definition) is 0. The zero-order valence-electron chi connectivity index (χ0n) is 12.1. The van der Waals surface area contributed by atoms with Crippen molar-refractivity contribution in [3.63, 3.8) is 0 Å². The Morgan fingerprint density at radius 1 is 0.950 bits per heavy atom. The normalized spacial score (nSPS) is 11.9. The lowest BCUT2D eigenvalue weighted by molar-refractivity contribution is -0.120. The van der Waals surface area contributed by atoms with Crippen LogP contribution in [0, 0.1) is 0 Å². The maximum atomic E-state index is 12.8. The zero-order chi connectivity index (χ0) is 14.4. The van der Waals surface area contributed by atoms with Gasteiger partial charge in [-0.15, -0.1) is 0 Å². The number of amides is 1. The van der Waals surface area contributed by atoms with Gasteiger partial charge in [0, 0.05) is 12.2 Å². The molecule has 0 aliphatic rings. The Labute approximate surface area is 121 Å². The number of hydrogen-bond acceptors (Lipinski definition) is 1. The molecule has 20 heavy (non-hydrogen) atoms. The average molecular weight is 267 g/mol. The molecule has 0 spiro atoms. The maximum Gasteiger partial charge on any atom is 0.234 e. The van der Waals surface area contributed by atoms with Gasteiger partial charge in [0.05, 0.1) is 5.92 Å². The van der Waals surface area contributed by atoms with Gasteiger partial charge in [-0.2, -0.15) is 0 Å². The second kappa shape index (κ2) is 6.90. The Kier molecular flexibility index (Phi) is 4.94. The van der Waals surface area contributed by atoms with Crippen LogP contribution in [0.1, 0.15) is 31.7 Å². The Balaban J connectivity index is 2.28. The van der Waals surface area contributed by atoms with Crippen molar-refractivity contribution in [2.45, 2.75) is 26.2 Å². The van der Waals surface area contributed by atoms with Gasteiger partial charge in [0.1, 0.15) is 0 Å². The second-order valence-electron chi connectivity index (χ2n) is 4.79. The number of anilines is 1. The molecule has 0 heterocycles. The summed E-state index contributed by atoms with van der Waals surface area (Å²) in [7, 11) is 0. The van der Waals surface area contributed by atoms with Gasteiger partial charge in [-0.1, -0.05) is 55.5 Å². The molecule has 0 fully saturated rings. The summed E-state index contributed by atoms with van der Waals surface area (Å²) in [5, 5.41) is 0. The fourth-order valence-corrected chi connectivity index (χ4v) is 2.50. The van der Waals surface area contributed by atoms with E-state index < -0.39 is 0 Å². The van der Waals surface area contributed by atoms with Crippen LogP contribution in [0.15, 0.2) is 60.7 Å². The molecule has 0 N–H and O–H groups in total. The van der Waals surface area contributed by atoms with Crippen LogP contribution < -0.4 is 4.90 Å². The third kappa shape index (κ3) is 3.08. The summed E-state index contributed by atoms with van der Waals surface area (Å²) in [6, 6.07) is 19.9. The quantitative estimate of drug-likeness (QED) is 0.793. The molecule has 2 aromatic carbocycles. The first-order chi connectivity index (χ1) is 9.77. The van der Waals surface area contributed by atoms with Crippen LogP contribution in [0.5, 0.6) is 0 Å². The highest BCUT2D eigenvalue weighted by molar-refractivity contribution is 5.98. The van der Waals surface area contributed by atoms with E-state index in [9.17, 15) is 4.79 Å². The van der Waals surface area contributed by atoms with Crippen molar-refractivity contribution in [1.29, 1.82) is 0 Å². The summed E-state index contributed by atoms with van der Waals surface area (Å²) in [5.41, 5.74) is 2.06. The fourth-order valence-electron chi connectivity index (χ4n) is 2.50. The van der Waals surface area contributed by atoms with E-state index in [0.717, 1.165) is 17.7 Å². The number of para-hydroxylation sites is 1. The van der Waals surface area contributed by atoms with Crippen LogP contribution in [-0.2, 0) is 4.79 Å². The predicted octanol–water partition coefficient (Wildman–Crippen LogP) is 4.23. The Bertz CT molecular complexity index is 486. The predicted molar refractivity (Wildman–Crippen MR) is 83.9 cm³/mol. The number of carbonyl (C=O) groups excluding carboxylic acids is 1. The molecule has 104 valence electrons. The van der Waals surface area contributed by atoms with Crippen LogP contribution >= 0.6 is 0 Å². The molecule has 0 bridgehead atoms. The number of rotatable bonds is 5. The van der Waals surface area contributed by atoms with E-state index in [1.165, 1.54) is 0 Å². The lowest BCUT2D eigenvalue weighted by Crippen LogP contribution is -2.34. The molecule has 1 amide bonds. The van der Waals surface area contributed by atoms with Gasteiger partial charge in [0.2, 0.25) is 5.91 Å². The van der Waals surface area contributed by atoms with E-state index in [0.29, 0.717) is 6.54 Å². The lowest BCUT2D eigenvalue weighted by Gasteiger charge is -2.26. The van der Waals surface area contributed by atoms with Crippen LogP contribution in [0.2, 0.25) is 0 Å². The van der Waals surface area contributed by atoms with Crippen LogP contribution in [0.4, 0.5) is 5.69 Å². The van der Waals surface area contributed by atoms with Gasteiger partial charge in [0.25, 0.3) is 0 Å². The molecule has 0 saturated heterocycles. The van der Waals surface area contributed by atoms with Gasteiger partial charge < -0.3 is 4.90 Å². The van der Waals surface area contributed by atoms with Crippen molar-refractivity contribution in [2.24, 2.45) is 0 Å². The van der Waals surface area contributed by atoms with E-state index in [4.69, 9.17) is 0 Å². The van der Waals surface area contributed by atoms with E-state index in [1.54, 1.807) is 0 Å². The molecule has 2 heteroatoms. The molecular formula is C18H21NO. The minimum Gasteiger partial charge on any atom is -0.312 e. The Hall–Kier alpha value is -2.09. The van der Waals surface area contributed by atoms with Gasteiger partial charge in [-0.25, -0.2) is 0 Å². The summed E-state index contributed by atoms with van der Waals surface area (Å²) in [6.45, 7) is 4.77. The first-order valence-electron chi connectivity index (χ1n) is 7.19. The summed E-state index contributed by atoms with van der Waals surface area (Å²) in [6.07, 6.45) is 0.812. The first-order valence-corrected chi connectivity index (χ1v) is 7.19.